The van der Waals surface area contributed by atoms with E-state index < -0.39 is 23.4 Å². The lowest BCUT2D eigenvalue weighted by Crippen LogP contribution is -2.44. The zero-order valence-electron chi connectivity index (χ0n) is 12.3. The van der Waals surface area contributed by atoms with Gasteiger partial charge in [0.2, 0.25) is 5.91 Å². The molecular weight excluding hydrogens is 284 g/mol. The number of amides is 4. The Morgan fingerprint density at radius 1 is 1.45 bits per heavy atom. The molecule has 0 saturated carbocycles. The summed E-state index contributed by atoms with van der Waals surface area (Å²) >= 11 is 0. The number of carbonyl (C=O) groups is 3. The van der Waals surface area contributed by atoms with Crippen LogP contribution < -0.4 is 10.6 Å². The summed E-state index contributed by atoms with van der Waals surface area (Å²) in [7, 11) is 0. The van der Waals surface area contributed by atoms with Crippen LogP contribution in [0, 0.1) is 11.3 Å². The summed E-state index contributed by atoms with van der Waals surface area (Å²) < 4.78 is 0. The number of nitriles is 1. The lowest BCUT2D eigenvalue weighted by atomic mass is 9.99. The molecule has 22 heavy (non-hydrogen) atoms. The van der Waals surface area contributed by atoms with Crippen molar-refractivity contribution in [3.63, 3.8) is 0 Å². The van der Waals surface area contributed by atoms with Gasteiger partial charge in [0, 0.05) is 5.69 Å². The molecule has 1 unspecified atom stereocenters. The largest absolute Gasteiger partial charge is 0.325 e. The summed E-state index contributed by atoms with van der Waals surface area (Å²) in [5.41, 5.74) is -0.112. The molecule has 0 bridgehead atoms. The van der Waals surface area contributed by atoms with Gasteiger partial charge in [0.25, 0.3) is 5.91 Å². The van der Waals surface area contributed by atoms with Crippen LogP contribution in [0.2, 0.25) is 0 Å². The molecule has 1 aromatic rings. The van der Waals surface area contributed by atoms with Crippen LogP contribution >= 0.6 is 0 Å². The average Bonchev–Trinajstić information content (AvgIpc) is 2.71. The van der Waals surface area contributed by atoms with E-state index in [1.165, 1.54) is 6.07 Å². The van der Waals surface area contributed by atoms with E-state index >= 15 is 0 Å². The zero-order valence-corrected chi connectivity index (χ0v) is 12.3. The molecule has 2 rings (SSSR count). The lowest BCUT2D eigenvalue weighted by molar-refractivity contribution is -0.133. The normalized spacial score (nSPS) is 20.5. The molecule has 1 aliphatic rings. The predicted octanol–water partition coefficient (Wildman–Crippen LogP) is 1.22. The van der Waals surface area contributed by atoms with Gasteiger partial charge in [0.15, 0.2) is 0 Å². The second-order valence-electron chi connectivity index (χ2n) is 5.25. The topological polar surface area (TPSA) is 102 Å². The number of nitrogens with one attached hydrogen (secondary N) is 2. The summed E-state index contributed by atoms with van der Waals surface area (Å²) in [6, 6.07) is 7.78. The first kappa shape index (κ1) is 15.5. The van der Waals surface area contributed by atoms with Crippen molar-refractivity contribution in [2.24, 2.45) is 0 Å². The number of imide groups is 1. The van der Waals surface area contributed by atoms with E-state index in [0.717, 1.165) is 4.90 Å². The van der Waals surface area contributed by atoms with Crippen LogP contribution in [0.5, 0.6) is 0 Å². The second kappa shape index (κ2) is 5.85. The molecule has 0 aromatic heterocycles. The molecule has 1 saturated heterocycles. The highest BCUT2D eigenvalue weighted by Gasteiger charge is 2.46. The van der Waals surface area contributed by atoms with Crippen LogP contribution in [0.25, 0.3) is 0 Å². The van der Waals surface area contributed by atoms with E-state index in [1.807, 2.05) is 6.07 Å². The van der Waals surface area contributed by atoms with E-state index in [1.54, 1.807) is 32.0 Å². The monoisotopic (exact) mass is 300 g/mol. The molecule has 0 spiro atoms. The van der Waals surface area contributed by atoms with Crippen molar-refractivity contribution in [1.29, 1.82) is 5.26 Å². The molecule has 0 aliphatic carbocycles. The minimum Gasteiger partial charge on any atom is -0.324 e. The van der Waals surface area contributed by atoms with Crippen molar-refractivity contribution < 1.29 is 14.4 Å². The van der Waals surface area contributed by atoms with Gasteiger partial charge in [-0.05, 0) is 31.5 Å². The van der Waals surface area contributed by atoms with Crippen LogP contribution in [-0.2, 0) is 9.59 Å². The molecule has 1 aliphatic heterocycles. The first-order chi connectivity index (χ1) is 10.4. The van der Waals surface area contributed by atoms with Gasteiger partial charge in [-0.2, -0.15) is 5.26 Å². The van der Waals surface area contributed by atoms with Gasteiger partial charge >= 0.3 is 6.03 Å². The zero-order chi connectivity index (χ0) is 16.3. The van der Waals surface area contributed by atoms with Gasteiger partial charge in [-0.3, -0.25) is 14.5 Å². The Balaban J connectivity index is 2.05. The van der Waals surface area contributed by atoms with Gasteiger partial charge in [0.1, 0.15) is 12.1 Å². The van der Waals surface area contributed by atoms with Crippen LogP contribution in [0.1, 0.15) is 25.8 Å². The highest BCUT2D eigenvalue weighted by molar-refractivity contribution is 6.09. The maximum atomic E-state index is 12.2. The quantitative estimate of drug-likeness (QED) is 0.816. The first-order valence-electron chi connectivity index (χ1n) is 6.84. The molecule has 2 N–H and O–H groups in total. The summed E-state index contributed by atoms with van der Waals surface area (Å²) in [5.74, 6) is -0.917. The third-order valence-corrected chi connectivity index (χ3v) is 3.63. The number of carbonyl (C=O) groups excluding carboxylic acids is 3. The van der Waals surface area contributed by atoms with Gasteiger partial charge in [-0.15, -0.1) is 0 Å². The molecule has 1 fully saturated rings. The van der Waals surface area contributed by atoms with Crippen LogP contribution in [0.4, 0.5) is 10.5 Å². The molecule has 1 aromatic carbocycles. The minimum absolute atomic E-state index is 0.364. The van der Waals surface area contributed by atoms with Crippen molar-refractivity contribution in [2.45, 2.75) is 25.8 Å². The number of anilines is 1. The van der Waals surface area contributed by atoms with Crippen molar-refractivity contribution in [3.8, 4) is 6.07 Å². The maximum absolute atomic E-state index is 12.2. The van der Waals surface area contributed by atoms with Gasteiger partial charge in [-0.1, -0.05) is 13.0 Å². The lowest BCUT2D eigenvalue weighted by Gasteiger charge is -2.19. The molecule has 4 amide bonds. The molecular formula is C15H16N4O3. The predicted molar refractivity (Wildman–Crippen MR) is 78.7 cm³/mol. The van der Waals surface area contributed by atoms with E-state index in [4.69, 9.17) is 5.26 Å². The SMILES string of the molecule is CCC1(C)NC(=O)N(CC(=O)Nc2cccc(C#N)c2)C1=O. The van der Waals surface area contributed by atoms with E-state index in [0.29, 0.717) is 17.7 Å². The fraction of sp³-hybridized carbons (Fsp3) is 0.333. The molecule has 7 nitrogen and oxygen atoms in total. The molecule has 1 atom stereocenters. The maximum Gasteiger partial charge on any atom is 0.325 e. The number of hydrogen-bond donors (Lipinski definition) is 2. The fourth-order valence-electron chi connectivity index (χ4n) is 2.14. The van der Waals surface area contributed by atoms with Gasteiger partial charge in [0.05, 0.1) is 11.6 Å². The van der Waals surface area contributed by atoms with Crippen molar-refractivity contribution >= 4 is 23.5 Å². The Bertz CT molecular complexity index is 680. The Morgan fingerprint density at radius 2 is 2.18 bits per heavy atom. The first-order valence-corrected chi connectivity index (χ1v) is 6.84. The molecule has 0 radical (unpaired) electrons. The van der Waals surface area contributed by atoms with Crippen LogP contribution in [0.3, 0.4) is 0 Å². The molecule has 114 valence electrons. The van der Waals surface area contributed by atoms with E-state index in [9.17, 15) is 14.4 Å². The highest BCUT2D eigenvalue weighted by atomic mass is 16.2. The Labute approximate surface area is 127 Å². The van der Waals surface area contributed by atoms with E-state index in [2.05, 4.69) is 10.6 Å². The van der Waals surface area contributed by atoms with Gasteiger partial charge in [-0.25, -0.2) is 4.79 Å². The standard InChI is InChI=1S/C15H16N4O3/c1-3-15(2)13(21)19(14(22)18-15)9-12(20)17-11-6-4-5-10(7-11)8-16/h4-7H,3,9H2,1-2H3,(H,17,20)(H,18,22). The van der Waals surface area contributed by atoms with Crippen molar-refractivity contribution in [1.82, 2.24) is 10.2 Å². The smallest absolute Gasteiger partial charge is 0.324 e. The number of nitrogens with zero attached hydrogens (tertiary/aromatic N) is 2. The van der Waals surface area contributed by atoms with Crippen molar-refractivity contribution in [3.05, 3.63) is 29.8 Å². The minimum atomic E-state index is -0.960. The third-order valence-electron chi connectivity index (χ3n) is 3.63. The van der Waals surface area contributed by atoms with Crippen LogP contribution in [-0.4, -0.2) is 34.8 Å². The number of urea groups is 1. The average molecular weight is 300 g/mol. The highest BCUT2D eigenvalue weighted by Crippen LogP contribution is 2.20. The number of hydrogen-bond acceptors (Lipinski definition) is 4. The second-order valence-corrected chi connectivity index (χ2v) is 5.25. The Morgan fingerprint density at radius 3 is 2.77 bits per heavy atom. The Kier molecular flexibility index (Phi) is 4.13. The van der Waals surface area contributed by atoms with Crippen LogP contribution in [0.15, 0.2) is 24.3 Å². The summed E-state index contributed by atoms with van der Waals surface area (Å²) in [4.78, 5) is 36.9. The fourth-order valence-corrected chi connectivity index (χ4v) is 2.14. The summed E-state index contributed by atoms with van der Waals surface area (Å²) in [6.07, 6.45) is 0.444. The molecule has 1 heterocycles. The summed E-state index contributed by atoms with van der Waals surface area (Å²) in [6.45, 7) is 3.05. The van der Waals surface area contributed by atoms with E-state index in [-0.39, 0.29) is 6.54 Å². The van der Waals surface area contributed by atoms with Crippen molar-refractivity contribution in [2.75, 3.05) is 11.9 Å². The number of rotatable bonds is 4. The number of benzene rings is 1. The van der Waals surface area contributed by atoms with Gasteiger partial charge < -0.3 is 10.6 Å². The summed E-state index contributed by atoms with van der Waals surface area (Å²) in [5, 5.41) is 14.0. The third kappa shape index (κ3) is 2.91. The molecule has 7 heteroatoms. The Hall–Kier alpha value is -2.88.